The van der Waals surface area contributed by atoms with Crippen molar-refractivity contribution in [3.05, 3.63) is 34.3 Å². The van der Waals surface area contributed by atoms with Gasteiger partial charge in [-0.1, -0.05) is 22.0 Å². The zero-order valence-corrected chi connectivity index (χ0v) is 10.9. The molecule has 1 aromatic rings. The minimum absolute atomic E-state index is 0.0418. The number of carbonyl (C=O) groups is 1. The number of halogens is 1. The Balaban J connectivity index is 1.84. The van der Waals surface area contributed by atoms with E-state index in [0.29, 0.717) is 31.9 Å². The van der Waals surface area contributed by atoms with E-state index in [-0.39, 0.29) is 12.0 Å². The summed E-state index contributed by atoms with van der Waals surface area (Å²) in [6, 6.07) is 7.28. The first-order valence-electron chi connectivity index (χ1n) is 5.49. The van der Waals surface area contributed by atoms with Crippen molar-refractivity contribution in [3.8, 4) is 0 Å². The molecule has 17 heavy (non-hydrogen) atoms. The molecule has 1 saturated heterocycles. The highest BCUT2D eigenvalue weighted by molar-refractivity contribution is 9.10. The van der Waals surface area contributed by atoms with Crippen LogP contribution in [0.1, 0.15) is 10.4 Å². The Hall–Kier alpha value is -0.910. The molecule has 1 heterocycles. The minimum Gasteiger partial charge on any atom is -0.376 e. The molecule has 1 atom stereocenters. The molecule has 2 rings (SSSR count). The molecule has 0 spiro atoms. The van der Waals surface area contributed by atoms with Crippen molar-refractivity contribution in [2.45, 2.75) is 6.10 Å². The maximum Gasteiger partial charge on any atom is 0.251 e. The zero-order chi connectivity index (χ0) is 12.1. The number of hydrogen-bond donors (Lipinski definition) is 1. The smallest absolute Gasteiger partial charge is 0.251 e. The van der Waals surface area contributed by atoms with Gasteiger partial charge in [-0.2, -0.15) is 0 Å². The first-order chi connectivity index (χ1) is 8.25. The van der Waals surface area contributed by atoms with Gasteiger partial charge in [0.1, 0.15) is 0 Å². The summed E-state index contributed by atoms with van der Waals surface area (Å²) >= 11 is 3.33. The maximum absolute atomic E-state index is 11.8. The van der Waals surface area contributed by atoms with Crippen LogP contribution in [0.5, 0.6) is 0 Å². The second-order valence-corrected chi connectivity index (χ2v) is 4.70. The Kier molecular flexibility index (Phi) is 4.53. The van der Waals surface area contributed by atoms with E-state index in [0.717, 1.165) is 4.47 Å². The highest BCUT2D eigenvalue weighted by atomic mass is 79.9. The fourth-order valence-corrected chi connectivity index (χ4v) is 1.99. The molecule has 1 amide bonds. The quantitative estimate of drug-likeness (QED) is 0.922. The van der Waals surface area contributed by atoms with Crippen LogP contribution < -0.4 is 5.32 Å². The van der Waals surface area contributed by atoms with Crippen LogP contribution in [0.15, 0.2) is 28.7 Å². The lowest BCUT2D eigenvalue weighted by Crippen LogP contribution is -2.39. The third-order valence-corrected chi connectivity index (χ3v) is 2.96. The second kappa shape index (κ2) is 6.14. The van der Waals surface area contributed by atoms with Crippen molar-refractivity contribution in [1.29, 1.82) is 0 Å². The number of ether oxygens (including phenoxy) is 2. The van der Waals surface area contributed by atoms with Crippen LogP contribution in [0.3, 0.4) is 0 Å². The average molecular weight is 300 g/mol. The van der Waals surface area contributed by atoms with E-state index < -0.39 is 0 Å². The second-order valence-electron chi connectivity index (χ2n) is 3.79. The van der Waals surface area contributed by atoms with Crippen LogP contribution in [0, 0.1) is 0 Å². The van der Waals surface area contributed by atoms with Crippen molar-refractivity contribution in [2.75, 3.05) is 26.4 Å². The summed E-state index contributed by atoms with van der Waals surface area (Å²) in [5.41, 5.74) is 0.635. The third kappa shape index (κ3) is 3.80. The topological polar surface area (TPSA) is 47.6 Å². The SMILES string of the molecule is O=C(NCC1COCCO1)c1cccc(Br)c1. The van der Waals surface area contributed by atoms with Gasteiger partial charge in [-0.25, -0.2) is 0 Å². The molecule has 1 aliphatic rings. The molecule has 4 nitrogen and oxygen atoms in total. The highest BCUT2D eigenvalue weighted by Gasteiger charge is 2.15. The summed E-state index contributed by atoms with van der Waals surface area (Å²) in [6.07, 6.45) is -0.0418. The van der Waals surface area contributed by atoms with Crippen molar-refractivity contribution in [2.24, 2.45) is 0 Å². The van der Waals surface area contributed by atoms with Crippen molar-refractivity contribution in [3.63, 3.8) is 0 Å². The van der Waals surface area contributed by atoms with Gasteiger partial charge in [0.25, 0.3) is 5.91 Å². The fourth-order valence-electron chi connectivity index (χ4n) is 1.59. The Morgan fingerprint density at radius 2 is 2.35 bits per heavy atom. The molecular weight excluding hydrogens is 286 g/mol. The lowest BCUT2D eigenvalue weighted by Gasteiger charge is -2.23. The van der Waals surface area contributed by atoms with Crippen LogP contribution in [-0.4, -0.2) is 38.4 Å². The number of nitrogens with one attached hydrogen (secondary N) is 1. The normalized spacial score (nSPS) is 19.9. The summed E-state index contributed by atoms with van der Waals surface area (Å²) in [4.78, 5) is 11.8. The first-order valence-corrected chi connectivity index (χ1v) is 6.28. The van der Waals surface area contributed by atoms with Gasteiger partial charge in [0.2, 0.25) is 0 Å². The average Bonchev–Trinajstić information content (AvgIpc) is 2.37. The molecule has 5 heteroatoms. The molecule has 1 aromatic carbocycles. The molecule has 92 valence electrons. The van der Waals surface area contributed by atoms with E-state index in [1.54, 1.807) is 12.1 Å². The van der Waals surface area contributed by atoms with Gasteiger partial charge >= 0.3 is 0 Å². The number of amides is 1. The van der Waals surface area contributed by atoms with Gasteiger partial charge in [-0.05, 0) is 18.2 Å². The van der Waals surface area contributed by atoms with Crippen LogP contribution >= 0.6 is 15.9 Å². The molecule has 0 bridgehead atoms. The third-order valence-electron chi connectivity index (χ3n) is 2.46. The molecule has 1 N–H and O–H groups in total. The number of rotatable bonds is 3. The van der Waals surface area contributed by atoms with Gasteiger partial charge in [-0.15, -0.1) is 0 Å². The monoisotopic (exact) mass is 299 g/mol. The van der Waals surface area contributed by atoms with E-state index in [9.17, 15) is 4.79 Å². The zero-order valence-electron chi connectivity index (χ0n) is 9.32. The van der Waals surface area contributed by atoms with Gasteiger partial charge in [0.15, 0.2) is 0 Å². The number of benzene rings is 1. The predicted octanol–water partition coefficient (Wildman–Crippen LogP) is 1.59. The molecule has 0 saturated carbocycles. The molecule has 1 unspecified atom stereocenters. The molecule has 0 radical (unpaired) electrons. The van der Waals surface area contributed by atoms with Gasteiger partial charge in [-0.3, -0.25) is 4.79 Å². The Labute approximate surface area is 108 Å². The standard InChI is InChI=1S/C12H14BrNO3/c13-10-3-1-2-9(6-10)12(15)14-7-11-8-16-4-5-17-11/h1-3,6,11H,4-5,7-8H2,(H,14,15). The van der Waals surface area contributed by atoms with Crippen molar-refractivity contribution in [1.82, 2.24) is 5.32 Å². The molecular formula is C12H14BrNO3. The molecule has 1 aliphatic heterocycles. The van der Waals surface area contributed by atoms with E-state index in [4.69, 9.17) is 9.47 Å². The number of hydrogen-bond acceptors (Lipinski definition) is 3. The Morgan fingerprint density at radius 3 is 3.06 bits per heavy atom. The summed E-state index contributed by atoms with van der Waals surface area (Å²) in [6.45, 7) is 2.25. The van der Waals surface area contributed by atoms with Crippen LogP contribution in [0.4, 0.5) is 0 Å². The largest absolute Gasteiger partial charge is 0.376 e. The highest BCUT2D eigenvalue weighted by Crippen LogP contribution is 2.11. The Bertz CT molecular complexity index is 391. The summed E-state index contributed by atoms with van der Waals surface area (Å²) < 4.78 is 11.6. The molecule has 0 aromatic heterocycles. The predicted molar refractivity (Wildman–Crippen MR) is 67.0 cm³/mol. The van der Waals surface area contributed by atoms with Crippen LogP contribution in [-0.2, 0) is 9.47 Å². The van der Waals surface area contributed by atoms with Crippen molar-refractivity contribution >= 4 is 21.8 Å². The summed E-state index contributed by atoms with van der Waals surface area (Å²) in [5, 5.41) is 2.83. The van der Waals surface area contributed by atoms with Crippen molar-refractivity contribution < 1.29 is 14.3 Å². The molecule has 1 fully saturated rings. The van der Waals surface area contributed by atoms with Gasteiger partial charge < -0.3 is 14.8 Å². The van der Waals surface area contributed by atoms with E-state index >= 15 is 0 Å². The first kappa shape index (κ1) is 12.5. The molecule has 0 aliphatic carbocycles. The van der Waals surface area contributed by atoms with Gasteiger partial charge in [0.05, 0.1) is 25.9 Å². The Morgan fingerprint density at radius 1 is 1.47 bits per heavy atom. The number of carbonyl (C=O) groups excluding carboxylic acids is 1. The van der Waals surface area contributed by atoms with E-state index in [1.165, 1.54) is 0 Å². The summed E-state index contributed by atoms with van der Waals surface area (Å²) in [5.74, 6) is -0.0968. The fraction of sp³-hybridized carbons (Fsp3) is 0.417. The minimum atomic E-state index is -0.0968. The maximum atomic E-state index is 11.8. The lowest BCUT2D eigenvalue weighted by molar-refractivity contribution is -0.0855. The van der Waals surface area contributed by atoms with Gasteiger partial charge in [0, 0.05) is 16.6 Å². The summed E-state index contributed by atoms with van der Waals surface area (Å²) in [7, 11) is 0. The van der Waals surface area contributed by atoms with Crippen LogP contribution in [0.25, 0.3) is 0 Å². The van der Waals surface area contributed by atoms with Crippen LogP contribution in [0.2, 0.25) is 0 Å². The van der Waals surface area contributed by atoms with E-state index in [2.05, 4.69) is 21.2 Å². The lowest BCUT2D eigenvalue weighted by atomic mass is 10.2. The van der Waals surface area contributed by atoms with E-state index in [1.807, 2.05) is 12.1 Å².